The molecule has 0 spiro atoms. The Kier molecular flexibility index (Phi) is 3.64. The van der Waals surface area contributed by atoms with Gasteiger partial charge < -0.3 is 0 Å². The van der Waals surface area contributed by atoms with Crippen molar-refractivity contribution in [2.75, 3.05) is 0 Å². The highest BCUT2D eigenvalue weighted by molar-refractivity contribution is 5.78. The Morgan fingerprint density at radius 3 is 1.25 bits per heavy atom. The topological polar surface area (TPSA) is 0 Å². The molecule has 90 valence electrons. The van der Waals surface area contributed by atoms with E-state index in [0.29, 0.717) is 0 Å². The lowest BCUT2D eigenvalue weighted by Gasteiger charge is -2.09. The minimum absolute atomic E-state index is 0.731. The lowest BCUT2D eigenvalue weighted by atomic mass is 9.93. The third-order valence-electron chi connectivity index (χ3n) is 2.97. The summed E-state index contributed by atoms with van der Waals surface area (Å²) in [6, 6.07) is 10.9. The number of terminal acetylenes is 4. The van der Waals surface area contributed by atoms with Crippen molar-refractivity contribution in [2.24, 2.45) is 0 Å². The second-order valence-electron chi connectivity index (χ2n) is 4.10. The van der Waals surface area contributed by atoms with Gasteiger partial charge in [-0.2, -0.15) is 0 Å². The van der Waals surface area contributed by atoms with Gasteiger partial charge in [0.25, 0.3) is 0 Å². The SMILES string of the molecule is C#Cc1ccc(C#C)c(-c2cc(C#C)ccc2C#C)c1. The molecule has 0 unspecified atom stereocenters. The second kappa shape index (κ2) is 5.55. The van der Waals surface area contributed by atoms with E-state index in [0.717, 1.165) is 33.4 Å². The highest BCUT2D eigenvalue weighted by Crippen LogP contribution is 2.28. The average molecular weight is 250 g/mol. The quantitative estimate of drug-likeness (QED) is 0.681. The van der Waals surface area contributed by atoms with Crippen LogP contribution in [-0.2, 0) is 0 Å². The van der Waals surface area contributed by atoms with Crippen molar-refractivity contribution in [3.05, 3.63) is 58.7 Å². The number of hydrogen-bond donors (Lipinski definition) is 0. The lowest BCUT2D eigenvalue weighted by Crippen LogP contribution is -1.91. The minimum atomic E-state index is 0.731. The van der Waals surface area contributed by atoms with Crippen LogP contribution < -0.4 is 0 Å². The molecule has 20 heavy (non-hydrogen) atoms. The van der Waals surface area contributed by atoms with Gasteiger partial charge >= 0.3 is 0 Å². The van der Waals surface area contributed by atoms with Crippen molar-refractivity contribution < 1.29 is 0 Å². The van der Waals surface area contributed by atoms with Crippen LogP contribution in [0, 0.1) is 49.4 Å². The molecule has 0 aromatic heterocycles. The van der Waals surface area contributed by atoms with Gasteiger partial charge in [0.15, 0.2) is 0 Å². The molecule has 2 rings (SSSR count). The molecule has 0 fully saturated rings. The van der Waals surface area contributed by atoms with E-state index in [9.17, 15) is 0 Å². The summed E-state index contributed by atoms with van der Waals surface area (Å²) in [5.74, 6) is 10.5. The van der Waals surface area contributed by atoms with Crippen molar-refractivity contribution in [1.82, 2.24) is 0 Å². The van der Waals surface area contributed by atoms with Gasteiger partial charge in [-0.05, 0) is 47.5 Å². The van der Waals surface area contributed by atoms with Crippen LogP contribution in [0.1, 0.15) is 22.3 Å². The molecule has 2 aromatic carbocycles. The van der Waals surface area contributed by atoms with Crippen LogP contribution in [-0.4, -0.2) is 0 Å². The Labute approximate surface area is 119 Å². The standard InChI is InChI=1S/C20H10/c1-5-15-9-11-17(7-3)19(13-15)20-14-16(6-2)10-12-18(20)8-4/h1-4,9-14H. The summed E-state index contributed by atoms with van der Waals surface area (Å²) in [5.41, 5.74) is 4.60. The van der Waals surface area contributed by atoms with E-state index in [1.807, 2.05) is 24.3 Å². The summed E-state index contributed by atoms with van der Waals surface area (Å²) in [6.45, 7) is 0. The summed E-state index contributed by atoms with van der Waals surface area (Å²) >= 11 is 0. The van der Waals surface area contributed by atoms with Crippen LogP contribution in [0.15, 0.2) is 36.4 Å². The smallest absolute Gasteiger partial charge is 0.0322 e. The van der Waals surface area contributed by atoms with E-state index in [2.05, 4.69) is 23.7 Å². The maximum atomic E-state index is 5.55. The van der Waals surface area contributed by atoms with Crippen molar-refractivity contribution in [3.63, 3.8) is 0 Å². The van der Waals surface area contributed by atoms with Gasteiger partial charge in [-0.1, -0.05) is 23.7 Å². The van der Waals surface area contributed by atoms with Crippen LogP contribution in [0.4, 0.5) is 0 Å². The zero-order valence-corrected chi connectivity index (χ0v) is 10.8. The first-order valence-corrected chi connectivity index (χ1v) is 5.88. The molecule has 0 heterocycles. The fourth-order valence-corrected chi connectivity index (χ4v) is 1.97. The summed E-state index contributed by atoms with van der Waals surface area (Å²) in [4.78, 5) is 0. The van der Waals surface area contributed by atoms with E-state index in [-0.39, 0.29) is 0 Å². The highest BCUT2D eigenvalue weighted by Gasteiger charge is 2.09. The molecule has 0 heteroatoms. The normalized spacial score (nSPS) is 8.80. The predicted octanol–water partition coefficient (Wildman–Crippen LogP) is 3.28. The van der Waals surface area contributed by atoms with Crippen molar-refractivity contribution in [1.29, 1.82) is 0 Å². The van der Waals surface area contributed by atoms with E-state index in [1.54, 1.807) is 12.1 Å². The second-order valence-corrected chi connectivity index (χ2v) is 4.10. The summed E-state index contributed by atoms with van der Waals surface area (Å²) in [7, 11) is 0. The molecule has 0 N–H and O–H groups in total. The minimum Gasteiger partial charge on any atom is -0.115 e. The van der Waals surface area contributed by atoms with Gasteiger partial charge in [-0.3, -0.25) is 0 Å². The molecule has 0 aliphatic heterocycles. The van der Waals surface area contributed by atoms with Crippen LogP contribution in [0.3, 0.4) is 0 Å². The van der Waals surface area contributed by atoms with Gasteiger partial charge in [0.1, 0.15) is 0 Å². The van der Waals surface area contributed by atoms with Gasteiger partial charge in [0.05, 0.1) is 0 Å². The molecule has 0 aliphatic carbocycles. The summed E-state index contributed by atoms with van der Waals surface area (Å²) in [6.07, 6.45) is 22.0. The molecule has 0 radical (unpaired) electrons. The third kappa shape index (κ3) is 2.28. The van der Waals surface area contributed by atoms with E-state index < -0.39 is 0 Å². The number of hydrogen-bond acceptors (Lipinski definition) is 0. The predicted molar refractivity (Wildman–Crippen MR) is 83.6 cm³/mol. The largest absolute Gasteiger partial charge is 0.115 e. The molecule has 0 saturated heterocycles. The van der Waals surface area contributed by atoms with Crippen LogP contribution in [0.5, 0.6) is 0 Å². The molecular weight excluding hydrogens is 240 g/mol. The molecule has 0 bridgehead atoms. The van der Waals surface area contributed by atoms with Crippen LogP contribution in [0.2, 0.25) is 0 Å². The third-order valence-corrected chi connectivity index (χ3v) is 2.97. The Morgan fingerprint density at radius 2 is 0.950 bits per heavy atom. The Bertz CT molecular complexity index is 764. The molecule has 0 atom stereocenters. The number of benzene rings is 2. The maximum Gasteiger partial charge on any atom is 0.0322 e. The molecule has 0 aliphatic rings. The van der Waals surface area contributed by atoms with Crippen molar-refractivity contribution in [2.45, 2.75) is 0 Å². The first-order valence-electron chi connectivity index (χ1n) is 5.88. The fourth-order valence-electron chi connectivity index (χ4n) is 1.97. The van der Waals surface area contributed by atoms with Gasteiger partial charge in [-0.25, -0.2) is 0 Å². The first-order chi connectivity index (χ1) is 9.73. The van der Waals surface area contributed by atoms with E-state index in [4.69, 9.17) is 25.7 Å². The van der Waals surface area contributed by atoms with Gasteiger partial charge in [0, 0.05) is 22.3 Å². The fraction of sp³-hybridized carbons (Fsp3) is 0. The van der Waals surface area contributed by atoms with Gasteiger partial charge in [-0.15, -0.1) is 25.7 Å². The molecule has 0 nitrogen and oxygen atoms in total. The van der Waals surface area contributed by atoms with Crippen molar-refractivity contribution >= 4 is 0 Å². The lowest BCUT2D eigenvalue weighted by molar-refractivity contribution is 1.52. The monoisotopic (exact) mass is 250 g/mol. The van der Waals surface area contributed by atoms with Crippen molar-refractivity contribution in [3.8, 4) is 60.5 Å². The van der Waals surface area contributed by atoms with Crippen LogP contribution >= 0.6 is 0 Å². The van der Waals surface area contributed by atoms with E-state index in [1.165, 1.54) is 0 Å². The summed E-state index contributed by atoms with van der Waals surface area (Å²) < 4.78 is 0. The maximum absolute atomic E-state index is 5.55. The molecule has 2 aromatic rings. The average Bonchev–Trinajstić information content (AvgIpc) is 2.53. The van der Waals surface area contributed by atoms with E-state index >= 15 is 0 Å². The van der Waals surface area contributed by atoms with Crippen LogP contribution in [0.25, 0.3) is 11.1 Å². The highest BCUT2D eigenvalue weighted by atomic mass is 14.1. The summed E-state index contributed by atoms with van der Waals surface area (Å²) in [5, 5.41) is 0. The molecular formula is C20H10. The Balaban J connectivity index is 2.81. The Hall–Kier alpha value is -3.32. The zero-order valence-electron chi connectivity index (χ0n) is 10.8. The molecule has 0 saturated carbocycles. The zero-order chi connectivity index (χ0) is 14.5. The Morgan fingerprint density at radius 1 is 0.550 bits per heavy atom. The first kappa shape index (κ1) is 13.1. The molecule has 0 amide bonds. The van der Waals surface area contributed by atoms with Gasteiger partial charge in [0.2, 0.25) is 0 Å². The number of rotatable bonds is 1.